The van der Waals surface area contributed by atoms with Crippen molar-refractivity contribution in [3.63, 3.8) is 0 Å². The number of nitrogens with zero attached hydrogens (tertiary/aromatic N) is 3. The number of amides is 1. The Labute approximate surface area is 272 Å². The second-order valence-electron chi connectivity index (χ2n) is 10.2. The monoisotopic (exact) mass is 634 g/mol. The number of benzene rings is 1. The number of hydrogen-bond acceptors (Lipinski definition) is 6. The summed E-state index contributed by atoms with van der Waals surface area (Å²) in [6, 6.07) is 6.64. The molecule has 1 aromatic rings. The lowest BCUT2D eigenvalue weighted by molar-refractivity contribution is -0.117. The van der Waals surface area contributed by atoms with Crippen molar-refractivity contribution in [2.45, 2.75) is 65.6 Å². The molecule has 45 heavy (non-hydrogen) atoms. The summed E-state index contributed by atoms with van der Waals surface area (Å²) >= 11 is 5.93. The van der Waals surface area contributed by atoms with Crippen LogP contribution in [0.1, 0.15) is 57.6 Å². The number of aryl methyl sites for hydroxylation is 1. The van der Waals surface area contributed by atoms with E-state index in [1.807, 2.05) is 32.9 Å². The summed E-state index contributed by atoms with van der Waals surface area (Å²) in [5.41, 5.74) is 3.36. The largest absolute Gasteiger partial charge is 0.368 e. The summed E-state index contributed by atoms with van der Waals surface area (Å²) in [7, 11) is 0. The predicted molar refractivity (Wildman–Crippen MR) is 183 cm³/mol. The molecule has 1 aromatic carbocycles. The van der Waals surface area contributed by atoms with Gasteiger partial charge in [-0.15, -0.1) is 6.58 Å². The van der Waals surface area contributed by atoms with Crippen molar-refractivity contribution in [2.24, 2.45) is 15.9 Å². The molecule has 1 atom stereocenters. The minimum atomic E-state index is -1.54. The van der Waals surface area contributed by atoms with Crippen molar-refractivity contribution in [1.82, 2.24) is 5.32 Å². The van der Waals surface area contributed by atoms with E-state index in [2.05, 4.69) is 27.9 Å². The number of halogens is 2. The SMILES string of the molecule is C=CC(C#N)CC/C=C(\C)CNC(=O)C(/C=C/N=C(C)CCc1cc(F)cc(CC(O)O)c1)=C/C=C/N=CC/C=C\C(Cl)=C/C. The van der Waals surface area contributed by atoms with Crippen LogP contribution in [0.3, 0.4) is 0 Å². The molecule has 3 N–H and O–H groups in total. The summed E-state index contributed by atoms with van der Waals surface area (Å²) in [5.74, 6) is -0.919. The average Bonchev–Trinajstić information content (AvgIpc) is 3.00. The van der Waals surface area contributed by atoms with Crippen LogP contribution >= 0.6 is 11.6 Å². The highest BCUT2D eigenvalue weighted by atomic mass is 35.5. The molecule has 1 amide bonds. The first-order valence-electron chi connectivity index (χ1n) is 14.7. The second-order valence-corrected chi connectivity index (χ2v) is 10.7. The van der Waals surface area contributed by atoms with Crippen molar-refractivity contribution in [1.29, 1.82) is 5.26 Å². The Bertz CT molecular complexity index is 1400. The van der Waals surface area contributed by atoms with Crippen LogP contribution in [-0.4, -0.2) is 40.9 Å². The van der Waals surface area contributed by atoms with E-state index in [-0.39, 0.29) is 18.2 Å². The number of nitriles is 1. The Morgan fingerprint density at radius 1 is 1.20 bits per heavy atom. The number of aliphatic hydroxyl groups excluding tert-OH is 1. The maximum Gasteiger partial charge on any atom is 0.251 e. The molecule has 0 heterocycles. The van der Waals surface area contributed by atoms with Crippen molar-refractivity contribution in [3.05, 3.63) is 119 Å². The molecule has 1 rings (SSSR count). The lowest BCUT2D eigenvalue weighted by Gasteiger charge is -2.08. The first-order chi connectivity index (χ1) is 21.6. The number of aliphatic hydroxyl groups is 2. The maximum absolute atomic E-state index is 14.0. The van der Waals surface area contributed by atoms with Crippen LogP contribution in [0.4, 0.5) is 4.39 Å². The smallest absolute Gasteiger partial charge is 0.251 e. The zero-order valence-corrected chi connectivity index (χ0v) is 27.1. The van der Waals surface area contributed by atoms with Crippen molar-refractivity contribution in [2.75, 3.05) is 6.54 Å². The molecular weight excluding hydrogens is 591 g/mol. The molecule has 0 bridgehead atoms. The van der Waals surface area contributed by atoms with Crippen LogP contribution in [0.15, 0.2) is 112 Å². The molecule has 1 unspecified atom stereocenters. The van der Waals surface area contributed by atoms with E-state index in [4.69, 9.17) is 16.9 Å². The van der Waals surface area contributed by atoms with Gasteiger partial charge in [0.05, 0.1) is 12.0 Å². The van der Waals surface area contributed by atoms with Gasteiger partial charge in [0, 0.05) is 54.3 Å². The first kappa shape index (κ1) is 38.9. The minimum absolute atomic E-state index is 0.0493. The third-order valence-corrected chi connectivity index (χ3v) is 6.66. The van der Waals surface area contributed by atoms with E-state index in [9.17, 15) is 19.4 Å². The molecule has 0 spiro atoms. The Morgan fingerprint density at radius 2 is 1.96 bits per heavy atom. The standard InChI is InChI=1S/C36H44ClFN4O3/c1-5-29(25-39)12-9-11-27(3)26-42-36(45)32(13-10-19-40-18-8-7-14-33(37)6-2)17-20-41-28(4)15-16-30-21-31(24-35(43)44)23-34(38)22-30/h5-7,10-11,13-14,17-23,29,35,43-44H,1,8-9,12,15-16,24,26H2,2-4H3,(H,42,45)/b14-7-,19-10+,20-17+,27-11+,32-13+,33-6+,40-18?,41-28?. The minimum Gasteiger partial charge on any atom is -0.368 e. The van der Waals surface area contributed by atoms with Gasteiger partial charge in [0.15, 0.2) is 6.29 Å². The van der Waals surface area contributed by atoms with E-state index >= 15 is 0 Å². The molecule has 0 aliphatic rings. The fraction of sp³-hybridized carbons (Fsp3) is 0.333. The number of rotatable bonds is 19. The van der Waals surface area contributed by atoms with Gasteiger partial charge in [-0.3, -0.25) is 14.8 Å². The summed E-state index contributed by atoms with van der Waals surface area (Å²) < 4.78 is 14.0. The van der Waals surface area contributed by atoms with Gasteiger partial charge in [-0.25, -0.2) is 4.39 Å². The quantitative estimate of drug-likeness (QED) is 0.0484. The number of hydrogen-bond donors (Lipinski definition) is 3. The van der Waals surface area contributed by atoms with Crippen LogP contribution in [0.2, 0.25) is 0 Å². The first-order valence-corrected chi connectivity index (χ1v) is 15.1. The lowest BCUT2D eigenvalue weighted by Crippen LogP contribution is -2.26. The van der Waals surface area contributed by atoms with Crippen LogP contribution < -0.4 is 5.32 Å². The molecule has 9 heteroatoms. The Hall–Kier alpha value is -4.16. The van der Waals surface area contributed by atoms with E-state index in [1.165, 1.54) is 12.1 Å². The van der Waals surface area contributed by atoms with Crippen LogP contribution in [-0.2, 0) is 17.6 Å². The maximum atomic E-state index is 14.0. The molecule has 0 aliphatic carbocycles. The van der Waals surface area contributed by atoms with Crippen LogP contribution in [0, 0.1) is 23.1 Å². The third-order valence-electron chi connectivity index (χ3n) is 6.32. The molecule has 0 saturated carbocycles. The molecule has 0 radical (unpaired) electrons. The molecule has 0 saturated heterocycles. The highest BCUT2D eigenvalue weighted by Crippen LogP contribution is 2.14. The van der Waals surface area contributed by atoms with Gasteiger partial charge in [-0.05, 0) is 94.0 Å². The number of allylic oxidation sites excluding steroid dienone is 8. The fourth-order valence-electron chi connectivity index (χ4n) is 3.83. The van der Waals surface area contributed by atoms with Gasteiger partial charge >= 0.3 is 0 Å². The molecular formula is C36H44ClFN4O3. The summed E-state index contributed by atoms with van der Waals surface area (Å²) in [6.07, 6.45) is 20.3. The van der Waals surface area contributed by atoms with Gasteiger partial charge in [-0.1, -0.05) is 47.5 Å². The van der Waals surface area contributed by atoms with E-state index in [0.717, 1.165) is 16.8 Å². The summed E-state index contributed by atoms with van der Waals surface area (Å²) in [4.78, 5) is 21.7. The number of carbonyl (C=O) groups is 1. The highest BCUT2D eigenvalue weighted by molar-refractivity contribution is 6.31. The van der Waals surface area contributed by atoms with Gasteiger partial charge < -0.3 is 15.5 Å². The topological polar surface area (TPSA) is 118 Å². The van der Waals surface area contributed by atoms with Crippen molar-refractivity contribution < 1.29 is 19.4 Å². The van der Waals surface area contributed by atoms with E-state index < -0.39 is 12.1 Å². The Balaban J connectivity index is 2.94. The molecule has 0 aromatic heterocycles. The number of nitrogens with one attached hydrogen (secondary N) is 1. The average molecular weight is 635 g/mol. The number of carbonyl (C=O) groups excluding carboxylic acids is 1. The van der Waals surface area contributed by atoms with E-state index in [0.29, 0.717) is 54.8 Å². The van der Waals surface area contributed by atoms with Gasteiger partial charge in [0.1, 0.15) is 5.82 Å². The predicted octanol–water partition coefficient (Wildman–Crippen LogP) is 7.35. The third kappa shape index (κ3) is 19.0. The van der Waals surface area contributed by atoms with E-state index in [1.54, 1.807) is 61.1 Å². The Kier molecular flexibility index (Phi) is 20.1. The van der Waals surface area contributed by atoms with Crippen LogP contribution in [0.25, 0.3) is 0 Å². The molecule has 0 fully saturated rings. The molecule has 240 valence electrons. The summed E-state index contributed by atoms with van der Waals surface area (Å²) in [5, 5.41) is 31.0. The zero-order chi connectivity index (χ0) is 33.5. The number of aliphatic imine (C=N–C) groups is 2. The lowest BCUT2D eigenvalue weighted by atomic mass is 10.0. The summed E-state index contributed by atoms with van der Waals surface area (Å²) in [6.45, 7) is 9.63. The van der Waals surface area contributed by atoms with Crippen molar-refractivity contribution in [3.8, 4) is 6.07 Å². The Morgan fingerprint density at radius 3 is 2.64 bits per heavy atom. The van der Waals surface area contributed by atoms with Crippen molar-refractivity contribution >= 4 is 29.4 Å². The van der Waals surface area contributed by atoms with Gasteiger partial charge in [0.2, 0.25) is 0 Å². The highest BCUT2D eigenvalue weighted by Gasteiger charge is 2.07. The molecule has 7 nitrogen and oxygen atoms in total. The molecule has 0 aliphatic heterocycles. The van der Waals surface area contributed by atoms with Gasteiger partial charge in [0.25, 0.3) is 5.91 Å². The second kappa shape index (κ2) is 23.3. The van der Waals surface area contributed by atoms with Crippen LogP contribution in [0.5, 0.6) is 0 Å². The zero-order valence-electron chi connectivity index (χ0n) is 26.3. The van der Waals surface area contributed by atoms with Gasteiger partial charge in [-0.2, -0.15) is 5.26 Å². The fourth-order valence-corrected chi connectivity index (χ4v) is 3.92. The normalized spacial score (nSPS) is 14.3.